The molecule has 0 unspecified atom stereocenters. The van der Waals surface area contributed by atoms with Gasteiger partial charge in [-0.05, 0) is 49.4 Å². The molecule has 0 heterocycles. The molecule has 0 amide bonds. The number of nitrogens with zero attached hydrogens (tertiary/aromatic N) is 1. The molecule has 0 aliphatic heterocycles. The molecule has 0 radical (unpaired) electrons. The lowest BCUT2D eigenvalue weighted by Gasteiger charge is -2.11. The van der Waals surface area contributed by atoms with Gasteiger partial charge in [-0.25, -0.2) is 9.18 Å². The predicted octanol–water partition coefficient (Wildman–Crippen LogP) is 3.34. The van der Waals surface area contributed by atoms with Crippen LogP contribution in [-0.2, 0) is 4.79 Å². The summed E-state index contributed by atoms with van der Waals surface area (Å²) >= 11 is 0. The van der Waals surface area contributed by atoms with E-state index in [1.807, 2.05) is 6.07 Å². The average Bonchev–Trinajstić information content (AvgIpc) is 2.51. The number of halogens is 1. The Balaban J connectivity index is 2.08. The number of hydrogen-bond donors (Lipinski definition) is 1. The van der Waals surface area contributed by atoms with Crippen LogP contribution < -0.4 is 9.47 Å². The Hall–Kier alpha value is -3.07. The molecule has 0 fully saturated rings. The number of carbonyl (C=O) groups is 1. The smallest absolute Gasteiger partial charge is 0.344 e. The second-order valence-electron chi connectivity index (χ2n) is 4.43. The molecule has 6 heteroatoms. The minimum atomic E-state index is -1.07. The molecule has 1 atom stereocenters. The van der Waals surface area contributed by atoms with Crippen molar-refractivity contribution in [3.8, 4) is 23.3 Å². The van der Waals surface area contributed by atoms with Crippen molar-refractivity contribution in [2.75, 3.05) is 0 Å². The quantitative estimate of drug-likeness (QED) is 0.916. The van der Waals surface area contributed by atoms with E-state index in [0.717, 1.165) is 6.07 Å². The van der Waals surface area contributed by atoms with Crippen LogP contribution in [0.3, 0.4) is 0 Å². The second kappa shape index (κ2) is 6.59. The maximum absolute atomic E-state index is 13.7. The normalized spacial score (nSPS) is 11.3. The number of nitriles is 1. The van der Waals surface area contributed by atoms with Gasteiger partial charge in [0.15, 0.2) is 17.7 Å². The first-order valence-electron chi connectivity index (χ1n) is 6.36. The highest BCUT2D eigenvalue weighted by Crippen LogP contribution is 2.27. The number of hydrogen-bond acceptors (Lipinski definition) is 4. The van der Waals surface area contributed by atoms with E-state index in [-0.39, 0.29) is 11.3 Å². The van der Waals surface area contributed by atoms with E-state index in [9.17, 15) is 9.18 Å². The van der Waals surface area contributed by atoms with Crippen molar-refractivity contribution in [3.05, 3.63) is 53.8 Å². The average molecular weight is 301 g/mol. The van der Waals surface area contributed by atoms with Crippen molar-refractivity contribution in [1.29, 1.82) is 5.26 Å². The van der Waals surface area contributed by atoms with Crippen LogP contribution in [-0.4, -0.2) is 17.2 Å². The number of ether oxygens (including phenoxy) is 2. The van der Waals surface area contributed by atoms with Gasteiger partial charge in [-0.15, -0.1) is 0 Å². The van der Waals surface area contributed by atoms with Gasteiger partial charge in [-0.2, -0.15) is 5.26 Å². The zero-order valence-corrected chi connectivity index (χ0v) is 11.6. The Bertz CT molecular complexity index is 722. The van der Waals surface area contributed by atoms with Gasteiger partial charge in [0.25, 0.3) is 0 Å². The fourth-order valence-electron chi connectivity index (χ4n) is 1.62. The van der Waals surface area contributed by atoms with Crippen LogP contribution in [0.1, 0.15) is 12.5 Å². The van der Waals surface area contributed by atoms with E-state index in [1.54, 1.807) is 0 Å². The Morgan fingerprint density at radius 2 is 1.86 bits per heavy atom. The molecule has 2 aromatic rings. The first-order chi connectivity index (χ1) is 10.5. The van der Waals surface area contributed by atoms with Crippen LogP contribution in [0.4, 0.5) is 4.39 Å². The van der Waals surface area contributed by atoms with E-state index in [4.69, 9.17) is 19.8 Å². The predicted molar refractivity (Wildman–Crippen MR) is 75.4 cm³/mol. The summed E-state index contributed by atoms with van der Waals surface area (Å²) in [6, 6.07) is 11.8. The number of carboxylic acids is 1. The van der Waals surface area contributed by atoms with Crippen molar-refractivity contribution < 1.29 is 23.8 Å². The lowest BCUT2D eigenvalue weighted by Crippen LogP contribution is -2.22. The third-order valence-corrected chi connectivity index (χ3v) is 2.77. The maximum atomic E-state index is 13.7. The second-order valence-corrected chi connectivity index (χ2v) is 4.43. The summed E-state index contributed by atoms with van der Waals surface area (Å²) in [6.45, 7) is 1.42. The molecule has 5 nitrogen and oxygen atoms in total. The number of benzene rings is 2. The van der Waals surface area contributed by atoms with Gasteiger partial charge in [0.05, 0.1) is 11.6 Å². The summed E-state index contributed by atoms with van der Waals surface area (Å²) in [5.41, 5.74) is 0.205. The van der Waals surface area contributed by atoms with Crippen molar-refractivity contribution in [2.45, 2.75) is 13.0 Å². The first kappa shape index (κ1) is 15.3. The maximum Gasteiger partial charge on any atom is 0.344 e. The highest BCUT2D eigenvalue weighted by atomic mass is 19.1. The molecule has 0 aliphatic rings. The summed E-state index contributed by atoms with van der Waals surface area (Å²) in [4.78, 5) is 10.7. The third kappa shape index (κ3) is 3.73. The molecule has 0 aliphatic carbocycles. The molecule has 2 rings (SSSR count). The van der Waals surface area contributed by atoms with Crippen molar-refractivity contribution >= 4 is 5.97 Å². The summed E-state index contributed by atoms with van der Waals surface area (Å²) in [5, 5.41) is 17.4. The lowest BCUT2D eigenvalue weighted by atomic mass is 10.2. The fraction of sp³-hybridized carbons (Fsp3) is 0.125. The molecule has 2 aromatic carbocycles. The summed E-state index contributed by atoms with van der Waals surface area (Å²) in [5.74, 6) is -0.994. The minimum absolute atomic E-state index is 0.00780. The van der Waals surface area contributed by atoms with Gasteiger partial charge in [-0.3, -0.25) is 0 Å². The topological polar surface area (TPSA) is 79.5 Å². The van der Waals surface area contributed by atoms with Gasteiger partial charge < -0.3 is 14.6 Å². The molecule has 112 valence electrons. The Labute approximate surface area is 126 Å². The van der Waals surface area contributed by atoms with Crippen LogP contribution in [0.25, 0.3) is 0 Å². The Morgan fingerprint density at radius 1 is 1.23 bits per heavy atom. The van der Waals surface area contributed by atoms with Crippen LogP contribution in [0.5, 0.6) is 17.2 Å². The summed E-state index contributed by atoms with van der Waals surface area (Å²) < 4.78 is 24.2. The third-order valence-electron chi connectivity index (χ3n) is 2.77. The van der Waals surface area contributed by atoms with Crippen LogP contribution in [0.15, 0.2) is 42.5 Å². The standard InChI is InChI=1S/C16H12FNO4/c1-10(16(19)20)21-12-3-5-13(6-4-12)22-15-7-2-11(9-18)8-14(15)17/h2-8,10H,1H3,(H,19,20)/t10-/m0/s1. The first-order valence-corrected chi connectivity index (χ1v) is 6.36. The molecular formula is C16H12FNO4. The minimum Gasteiger partial charge on any atom is -0.479 e. The molecule has 0 saturated carbocycles. The van der Waals surface area contributed by atoms with Gasteiger partial charge in [0.1, 0.15) is 11.5 Å². The van der Waals surface area contributed by atoms with E-state index in [0.29, 0.717) is 11.5 Å². The molecule has 22 heavy (non-hydrogen) atoms. The zero-order chi connectivity index (χ0) is 16.1. The Kier molecular flexibility index (Phi) is 4.59. The van der Waals surface area contributed by atoms with Crippen molar-refractivity contribution in [1.82, 2.24) is 0 Å². The van der Waals surface area contributed by atoms with Gasteiger partial charge >= 0.3 is 5.97 Å². The van der Waals surface area contributed by atoms with E-state index in [1.165, 1.54) is 43.3 Å². The van der Waals surface area contributed by atoms with E-state index in [2.05, 4.69) is 0 Å². The molecule has 0 bridgehead atoms. The Morgan fingerprint density at radius 3 is 2.41 bits per heavy atom. The highest BCUT2D eigenvalue weighted by molar-refractivity contribution is 5.72. The van der Waals surface area contributed by atoms with Gasteiger partial charge in [-0.1, -0.05) is 0 Å². The highest BCUT2D eigenvalue weighted by Gasteiger charge is 2.12. The molecular weight excluding hydrogens is 289 g/mol. The zero-order valence-electron chi connectivity index (χ0n) is 11.6. The molecule has 0 saturated heterocycles. The van der Waals surface area contributed by atoms with Crippen LogP contribution in [0.2, 0.25) is 0 Å². The van der Waals surface area contributed by atoms with Crippen LogP contribution in [0, 0.1) is 17.1 Å². The SMILES string of the molecule is C[C@H](Oc1ccc(Oc2ccc(C#N)cc2F)cc1)C(=O)O. The summed E-state index contributed by atoms with van der Waals surface area (Å²) in [6.07, 6.45) is -0.970. The molecule has 0 spiro atoms. The number of rotatable bonds is 5. The number of carboxylic acid groups (broad SMARTS) is 1. The number of aliphatic carboxylic acids is 1. The summed E-state index contributed by atoms with van der Waals surface area (Å²) in [7, 11) is 0. The van der Waals surface area contributed by atoms with Crippen LogP contribution >= 0.6 is 0 Å². The van der Waals surface area contributed by atoms with Gasteiger partial charge in [0, 0.05) is 0 Å². The molecule has 1 N–H and O–H groups in total. The van der Waals surface area contributed by atoms with E-state index < -0.39 is 17.9 Å². The van der Waals surface area contributed by atoms with Gasteiger partial charge in [0.2, 0.25) is 0 Å². The molecule has 0 aromatic heterocycles. The van der Waals surface area contributed by atoms with Crippen molar-refractivity contribution in [3.63, 3.8) is 0 Å². The van der Waals surface area contributed by atoms with Crippen molar-refractivity contribution in [2.24, 2.45) is 0 Å². The largest absolute Gasteiger partial charge is 0.479 e. The fourth-order valence-corrected chi connectivity index (χ4v) is 1.62. The van der Waals surface area contributed by atoms with E-state index >= 15 is 0 Å². The monoisotopic (exact) mass is 301 g/mol. The lowest BCUT2D eigenvalue weighted by molar-refractivity contribution is -0.144.